The lowest BCUT2D eigenvalue weighted by Gasteiger charge is -1.99. The van der Waals surface area contributed by atoms with Crippen LogP contribution in [0.25, 0.3) is 5.52 Å². The van der Waals surface area contributed by atoms with Gasteiger partial charge in [-0.3, -0.25) is 0 Å². The van der Waals surface area contributed by atoms with Crippen LogP contribution >= 0.6 is 0 Å². The van der Waals surface area contributed by atoms with E-state index < -0.39 is 0 Å². The molecule has 0 atom stereocenters. The van der Waals surface area contributed by atoms with E-state index in [2.05, 4.69) is 5.10 Å². The number of hydrogen-bond donors (Lipinski definition) is 1. The second-order valence-corrected chi connectivity index (χ2v) is 2.50. The Balaban J connectivity index is 2.71. The summed E-state index contributed by atoms with van der Waals surface area (Å²) >= 11 is 0. The molecule has 2 N–H and O–H groups in total. The molecule has 0 saturated carbocycles. The number of methoxy groups -OCH3 is 1. The molecule has 2 aromatic rings. The van der Waals surface area contributed by atoms with Gasteiger partial charge in [-0.1, -0.05) is 0 Å². The standard InChI is InChI=1S/C8H9N3O/c1-12-6-2-3-11-8(4-6)7(9)5-10-11/h2-5H,9H2,1H3. The molecule has 0 fully saturated rings. The van der Waals surface area contributed by atoms with Crippen LogP contribution in [-0.2, 0) is 0 Å². The van der Waals surface area contributed by atoms with Gasteiger partial charge in [0.25, 0.3) is 0 Å². The fraction of sp³-hybridized carbons (Fsp3) is 0.125. The Morgan fingerprint density at radius 2 is 2.42 bits per heavy atom. The number of rotatable bonds is 1. The van der Waals surface area contributed by atoms with Crippen molar-refractivity contribution in [2.75, 3.05) is 12.8 Å². The van der Waals surface area contributed by atoms with E-state index in [1.54, 1.807) is 17.8 Å². The number of nitrogen functional groups attached to an aromatic ring is 1. The van der Waals surface area contributed by atoms with Crippen LogP contribution < -0.4 is 10.5 Å². The summed E-state index contributed by atoms with van der Waals surface area (Å²) in [7, 11) is 1.62. The van der Waals surface area contributed by atoms with Crippen molar-refractivity contribution in [1.82, 2.24) is 9.61 Å². The topological polar surface area (TPSA) is 52.5 Å². The molecule has 2 heterocycles. The molecule has 0 saturated heterocycles. The molecule has 2 rings (SSSR count). The number of aromatic nitrogens is 2. The van der Waals surface area contributed by atoms with E-state index in [1.165, 1.54) is 0 Å². The number of hydrogen-bond acceptors (Lipinski definition) is 3. The first-order chi connectivity index (χ1) is 5.81. The SMILES string of the molecule is COc1ccn2ncc(N)c2c1. The van der Waals surface area contributed by atoms with E-state index in [1.807, 2.05) is 18.3 Å². The third-order valence-corrected chi connectivity index (χ3v) is 1.76. The quantitative estimate of drug-likeness (QED) is 0.680. The minimum Gasteiger partial charge on any atom is -0.497 e. The van der Waals surface area contributed by atoms with Gasteiger partial charge >= 0.3 is 0 Å². The highest BCUT2D eigenvalue weighted by Gasteiger charge is 2.00. The second kappa shape index (κ2) is 2.41. The monoisotopic (exact) mass is 163 g/mol. The zero-order valence-electron chi connectivity index (χ0n) is 6.69. The number of ether oxygens (including phenoxy) is 1. The Morgan fingerprint density at radius 1 is 1.58 bits per heavy atom. The molecule has 0 unspecified atom stereocenters. The van der Waals surface area contributed by atoms with Crippen molar-refractivity contribution < 1.29 is 4.74 Å². The molecular weight excluding hydrogens is 154 g/mol. The third-order valence-electron chi connectivity index (χ3n) is 1.76. The molecule has 0 radical (unpaired) electrons. The van der Waals surface area contributed by atoms with Crippen molar-refractivity contribution in [3.8, 4) is 5.75 Å². The van der Waals surface area contributed by atoms with E-state index in [0.717, 1.165) is 11.3 Å². The lowest BCUT2D eigenvalue weighted by molar-refractivity contribution is 0.414. The molecule has 4 heteroatoms. The Hall–Kier alpha value is -1.71. The summed E-state index contributed by atoms with van der Waals surface area (Å²) in [6.07, 6.45) is 3.43. The molecule has 0 bridgehead atoms. The van der Waals surface area contributed by atoms with Crippen molar-refractivity contribution in [1.29, 1.82) is 0 Å². The summed E-state index contributed by atoms with van der Waals surface area (Å²) in [5.74, 6) is 0.787. The summed E-state index contributed by atoms with van der Waals surface area (Å²) in [5.41, 5.74) is 7.19. The Kier molecular flexibility index (Phi) is 1.40. The van der Waals surface area contributed by atoms with Gasteiger partial charge in [0.05, 0.1) is 24.5 Å². The van der Waals surface area contributed by atoms with Gasteiger partial charge in [0.2, 0.25) is 0 Å². The summed E-state index contributed by atoms with van der Waals surface area (Å²) in [4.78, 5) is 0. The maximum Gasteiger partial charge on any atom is 0.122 e. The summed E-state index contributed by atoms with van der Waals surface area (Å²) in [5, 5.41) is 4.03. The molecule has 4 nitrogen and oxygen atoms in total. The normalized spacial score (nSPS) is 10.4. The molecule has 0 amide bonds. The smallest absolute Gasteiger partial charge is 0.122 e. The highest BCUT2D eigenvalue weighted by Crippen LogP contribution is 2.18. The van der Waals surface area contributed by atoms with Gasteiger partial charge in [0.15, 0.2) is 0 Å². The first-order valence-electron chi connectivity index (χ1n) is 3.58. The predicted molar refractivity (Wildman–Crippen MR) is 46.2 cm³/mol. The molecule has 0 aromatic carbocycles. The minimum absolute atomic E-state index is 0.661. The lowest BCUT2D eigenvalue weighted by atomic mass is 10.3. The number of pyridine rings is 1. The van der Waals surface area contributed by atoms with Gasteiger partial charge in [-0.25, -0.2) is 4.52 Å². The zero-order chi connectivity index (χ0) is 8.55. The van der Waals surface area contributed by atoms with E-state index in [9.17, 15) is 0 Å². The van der Waals surface area contributed by atoms with Crippen LogP contribution in [0.2, 0.25) is 0 Å². The minimum atomic E-state index is 0.661. The largest absolute Gasteiger partial charge is 0.497 e. The van der Waals surface area contributed by atoms with E-state index in [-0.39, 0.29) is 0 Å². The van der Waals surface area contributed by atoms with E-state index >= 15 is 0 Å². The van der Waals surface area contributed by atoms with Crippen LogP contribution in [0.3, 0.4) is 0 Å². The van der Waals surface area contributed by atoms with Crippen molar-refractivity contribution >= 4 is 11.2 Å². The first-order valence-corrected chi connectivity index (χ1v) is 3.58. The molecule has 0 spiro atoms. The zero-order valence-corrected chi connectivity index (χ0v) is 6.69. The van der Waals surface area contributed by atoms with Crippen LogP contribution in [-0.4, -0.2) is 16.7 Å². The van der Waals surface area contributed by atoms with Gasteiger partial charge < -0.3 is 10.5 Å². The Labute approximate surface area is 69.6 Å². The number of nitrogens with two attached hydrogens (primary N) is 1. The van der Waals surface area contributed by atoms with Crippen LogP contribution in [0.1, 0.15) is 0 Å². The number of fused-ring (bicyclic) bond motifs is 1. The summed E-state index contributed by atoms with van der Waals surface area (Å²) < 4.78 is 6.76. The number of anilines is 1. The van der Waals surface area contributed by atoms with Crippen LogP contribution in [0, 0.1) is 0 Å². The Morgan fingerprint density at radius 3 is 3.17 bits per heavy atom. The second-order valence-electron chi connectivity index (χ2n) is 2.50. The molecular formula is C8H9N3O. The average molecular weight is 163 g/mol. The predicted octanol–water partition coefficient (Wildman–Crippen LogP) is 0.925. The van der Waals surface area contributed by atoms with Crippen molar-refractivity contribution in [3.63, 3.8) is 0 Å². The van der Waals surface area contributed by atoms with E-state index in [0.29, 0.717) is 5.69 Å². The maximum atomic E-state index is 5.66. The van der Waals surface area contributed by atoms with Crippen molar-refractivity contribution in [2.45, 2.75) is 0 Å². The van der Waals surface area contributed by atoms with Crippen LogP contribution in [0.5, 0.6) is 5.75 Å². The van der Waals surface area contributed by atoms with Crippen LogP contribution in [0.4, 0.5) is 5.69 Å². The Bertz CT molecular complexity index is 408. The summed E-state index contributed by atoms with van der Waals surface area (Å²) in [6.45, 7) is 0. The van der Waals surface area contributed by atoms with Gasteiger partial charge in [-0.15, -0.1) is 0 Å². The highest BCUT2D eigenvalue weighted by atomic mass is 16.5. The third kappa shape index (κ3) is 0.887. The first kappa shape index (κ1) is 6.97. The molecule has 0 aliphatic carbocycles. The van der Waals surface area contributed by atoms with Gasteiger partial charge in [0, 0.05) is 12.3 Å². The lowest BCUT2D eigenvalue weighted by Crippen LogP contribution is -1.89. The van der Waals surface area contributed by atoms with Crippen molar-refractivity contribution in [2.24, 2.45) is 0 Å². The fourth-order valence-corrected chi connectivity index (χ4v) is 1.11. The molecule has 2 aromatic heterocycles. The van der Waals surface area contributed by atoms with Crippen LogP contribution in [0.15, 0.2) is 24.5 Å². The average Bonchev–Trinajstić information content (AvgIpc) is 2.47. The molecule has 0 aliphatic rings. The highest BCUT2D eigenvalue weighted by molar-refractivity contribution is 5.69. The number of nitrogens with zero attached hydrogens (tertiary/aromatic N) is 2. The van der Waals surface area contributed by atoms with Gasteiger partial charge in [-0.05, 0) is 6.07 Å². The molecule has 12 heavy (non-hydrogen) atoms. The fourth-order valence-electron chi connectivity index (χ4n) is 1.11. The molecule has 62 valence electrons. The van der Waals surface area contributed by atoms with Gasteiger partial charge in [-0.2, -0.15) is 5.10 Å². The van der Waals surface area contributed by atoms with E-state index in [4.69, 9.17) is 10.5 Å². The summed E-state index contributed by atoms with van der Waals surface area (Å²) in [6, 6.07) is 3.68. The van der Waals surface area contributed by atoms with Gasteiger partial charge in [0.1, 0.15) is 5.75 Å². The van der Waals surface area contributed by atoms with Crippen molar-refractivity contribution in [3.05, 3.63) is 24.5 Å². The maximum absolute atomic E-state index is 5.66. The molecule has 0 aliphatic heterocycles.